The third kappa shape index (κ3) is 6.79. The number of nitrogens with one attached hydrogen (secondary N) is 3. The molecule has 214 valence electrons. The van der Waals surface area contributed by atoms with Crippen LogP contribution in [0, 0.1) is 19.7 Å². The molecule has 0 saturated heterocycles. The molecule has 14 heteroatoms. The summed E-state index contributed by atoms with van der Waals surface area (Å²) in [5.74, 6) is -0.622. The van der Waals surface area contributed by atoms with E-state index in [2.05, 4.69) is 40.6 Å². The maximum Gasteiger partial charge on any atom is 0.277 e. The van der Waals surface area contributed by atoms with Crippen molar-refractivity contribution in [3.8, 4) is 11.3 Å². The molecule has 5 aromatic rings. The molecule has 0 aliphatic heterocycles. The summed E-state index contributed by atoms with van der Waals surface area (Å²) >= 11 is 0. The molecule has 42 heavy (non-hydrogen) atoms. The van der Waals surface area contributed by atoms with Crippen molar-refractivity contribution in [2.45, 2.75) is 25.3 Å². The fraction of sp³-hybridized carbons (Fsp3) is 0.143. The number of aromatic nitrogens is 6. The molecular formula is C28H26FN9O3S. The van der Waals surface area contributed by atoms with Crippen molar-refractivity contribution < 1.29 is 17.6 Å². The van der Waals surface area contributed by atoms with Crippen LogP contribution in [0.4, 0.5) is 21.7 Å². The maximum absolute atomic E-state index is 13.3. The molecule has 5 rings (SSSR count). The Hall–Kier alpha value is -5.08. The Kier molecular flexibility index (Phi) is 8.26. The molecule has 0 radical (unpaired) electrons. The predicted octanol–water partition coefficient (Wildman–Crippen LogP) is 3.86. The average molecular weight is 588 g/mol. The highest BCUT2D eigenvalue weighted by Crippen LogP contribution is 2.24. The van der Waals surface area contributed by atoms with E-state index in [1.54, 1.807) is 36.8 Å². The van der Waals surface area contributed by atoms with Crippen molar-refractivity contribution in [2.24, 2.45) is 0 Å². The van der Waals surface area contributed by atoms with Crippen molar-refractivity contribution >= 4 is 33.3 Å². The monoisotopic (exact) mass is 587 g/mol. The second kappa shape index (κ2) is 12.2. The van der Waals surface area contributed by atoms with E-state index in [-0.39, 0.29) is 23.7 Å². The van der Waals surface area contributed by atoms with Gasteiger partial charge in [-0.1, -0.05) is 11.3 Å². The number of nitrogens with zero attached hydrogens (tertiary/aromatic N) is 6. The van der Waals surface area contributed by atoms with Crippen molar-refractivity contribution in [1.82, 2.24) is 34.7 Å². The van der Waals surface area contributed by atoms with Gasteiger partial charge in [0.1, 0.15) is 5.82 Å². The van der Waals surface area contributed by atoms with Crippen LogP contribution in [-0.4, -0.2) is 50.8 Å². The lowest BCUT2D eigenvalue weighted by Crippen LogP contribution is -2.28. The quantitative estimate of drug-likeness (QED) is 0.221. The topological polar surface area (TPSA) is 157 Å². The largest absolute Gasteiger partial charge is 0.324 e. The maximum atomic E-state index is 13.3. The van der Waals surface area contributed by atoms with Gasteiger partial charge in [-0.25, -0.2) is 27.5 Å². The average Bonchev–Trinajstić information content (AvgIpc) is 3.44. The van der Waals surface area contributed by atoms with Crippen LogP contribution in [0.15, 0.2) is 84.3 Å². The molecule has 2 aromatic carbocycles. The van der Waals surface area contributed by atoms with Crippen LogP contribution < -0.4 is 15.4 Å². The zero-order valence-electron chi connectivity index (χ0n) is 22.6. The van der Waals surface area contributed by atoms with Crippen molar-refractivity contribution in [1.29, 1.82) is 0 Å². The highest BCUT2D eigenvalue weighted by atomic mass is 32.2. The van der Waals surface area contributed by atoms with Gasteiger partial charge < -0.3 is 10.6 Å². The number of benzene rings is 2. The Morgan fingerprint density at radius 2 is 1.88 bits per heavy atom. The second-order valence-corrected chi connectivity index (χ2v) is 11.0. The van der Waals surface area contributed by atoms with E-state index in [1.807, 2.05) is 25.1 Å². The molecule has 0 spiro atoms. The third-order valence-electron chi connectivity index (χ3n) is 6.19. The summed E-state index contributed by atoms with van der Waals surface area (Å²) in [4.78, 5) is 25.8. The van der Waals surface area contributed by atoms with Crippen molar-refractivity contribution in [3.63, 3.8) is 0 Å². The zero-order chi connectivity index (χ0) is 29.7. The summed E-state index contributed by atoms with van der Waals surface area (Å²) in [6, 6.07) is 14.3. The summed E-state index contributed by atoms with van der Waals surface area (Å²) in [6.45, 7) is 3.54. The zero-order valence-corrected chi connectivity index (χ0v) is 23.4. The Bertz CT molecular complexity index is 1850. The van der Waals surface area contributed by atoms with Crippen molar-refractivity contribution in [2.75, 3.05) is 17.2 Å². The number of anilines is 3. The van der Waals surface area contributed by atoms with Crippen LogP contribution in [0.1, 0.15) is 21.6 Å². The van der Waals surface area contributed by atoms with Gasteiger partial charge in [0.2, 0.25) is 16.0 Å². The van der Waals surface area contributed by atoms with Crippen LogP contribution in [0.3, 0.4) is 0 Å². The summed E-state index contributed by atoms with van der Waals surface area (Å²) < 4.78 is 42.3. The van der Waals surface area contributed by atoms with Gasteiger partial charge in [0.05, 0.1) is 23.3 Å². The minimum Gasteiger partial charge on any atom is -0.324 e. The number of hydrogen-bond acceptors (Lipinski definition) is 9. The molecule has 0 aliphatic rings. The number of pyridine rings is 1. The van der Waals surface area contributed by atoms with Gasteiger partial charge in [-0.15, -0.1) is 5.10 Å². The van der Waals surface area contributed by atoms with Gasteiger partial charge in [0, 0.05) is 42.1 Å². The second-order valence-electron chi connectivity index (χ2n) is 9.29. The van der Waals surface area contributed by atoms with E-state index < -0.39 is 21.7 Å². The van der Waals surface area contributed by atoms with E-state index in [0.29, 0.717) is 28.6 Å². The van der Waals surface area contributed by atoms with E-state index in [9.17, 15) is 17.6 Å². The van der Waals surface area contributed by atoms with Crippen LogP contribution in [0.5, 0.6) is 0 Å². The number of halogens is 1. The molecule has 0 bridgehead atoms. The highest BCUT2D eigenvalue weighted by molar-refractivity contribution is 7.89. The van der Waals surface area contributed by atoms with E-state index >= 15 is 0 Å². The molecule has 0 saturated carbocycles. The van der Waals surface area contributed by atoms with Crippen LogP contribution >= 0.6 is 0 Å². The number of hydrogen-bond donors (Lipinski definition) is 3. The first-order valence-electron chi connectivity index (χ1n) is 12.8. The Balaban J connectivity index is 1.20. The summed E-state index contributed by atoms with van der Waals surface area (Å²) in [7, 11) is -3.85. The van der Waals surface area contributed by atoms with Gasteiger partial charge in [0.15, 0.2) is 5.69 Å². The van der Waals surface area contributed by atoms with E-state index in [1.165, 1.54) is 23.9 Å². The Morgan fingerprint density at radius 1 is 1.02 bits per heavy atom. The summed E-state index contributed by atoms with van der Waals surface area (Å²) in [5.41, 5.74) is 4.03. The van der Waals surface area contributed by atoms with Gasteiger partial charge in [-0.2, -0.15) is 0 Å². The fourth-order valence-corrected chi connectivity index (χ4v) is 5.29. The van der Waals surface area contributed by atoms with Crippen LogP contribution in [0.25, 0.3) is 11.3 Å². The van der Waals surface area contributed by atoms with E-state index in [0.717, 1.165) is 23.3 Å². The molecule has 0 fully saturated rings. The van der Waals surface area contributed by atoms with Gasteiger partial charge in [-0.05, 0) is 73.5 Å². The first kappa shape index (κ1) is 28.4. The molecule has 0 unspecified atom stereocenters. The van der Waals surface area contributed by atoms with E-state index in [4.69, 9.17) is 0 Å². The molecule has 12 nitrogen and oxygen atoms in total. The van der Waals surface area contributed by atoms with Gasteiger partial charge in [0.25, 0.3) is 5.91 Å². The molecule has 0 aliphatic carbocycles. The molecule has 3 heterocycles. The number of sulfonamides is 1. The molecule has 1 amide bonds. The van der Waals surface area contributed by atoms with Crippen molar-refractivity contribution in [3.05, 3.63) is 102 Å². The lowest BCUT2D eigenvalue weighted by atomic mass is 10.1. The fourth-order valence-electron chi connectivity index (χ4n) is 4.04. The predicted molar refractivity (Wildman–Crippen MR) is 154 cm³/mol. The number of aryl methyl sites for hydroxylation is 2. The number of amides is 1. The number of rotatable bonds is 10. The first-order valence-corrected chi connectivity index (χ1v) is 14.2. The number of carbonyl (C=O) groups excluding carboxylic acids is 1. The van der Waals surface area contributed by atoms with Crippen LogP contribution in [0.2, 0.25) is 0 Å². The highest BCUT2D eigenvalue weighted by Gasteiger charge is 2.17. The summed E-state index contributed by atoms with van der Waals surface area (Å²) in [6.07, 6.45) is 6.47. The lowest BCUT2D eigenvalue weighted by molar-refractivity contribution is 0.102. The Labute approximate surface area is 241 Å². The normalized spacial score (nSPS) is 11.3. The van der Waals surface area contributed by atoms with Crippen LogP contribution in [-0.2, 0) is 16.6 Å². The molecular weight excluding hydrogens is 561 g/mol. The molecule has 3 N–H and O–H groups in total. The smallest absolute Gasteiger partial charge is 0.277 e. The minimum absolute atomic E-state index is 0.0118. The molecule has 0 atom stereocenters. The minimum atomic E-state index is -3.85. The van der Waals surface area contributed by atoms with Gasteiger partial charge >= 0.3 is 0 Å². The first-order chi connectivity index (χ1) is 20.2. The standard InChI is InChI=1S/C28H26FN9O3S/c1-18-5-7-22(15-24(18)35-28-31-11-9-23(34-28)20-4-3-10-30-16-20)33-27(39)25-17-38(37-36-25)13-12-32-42(40,41)26-8-6-21(29)14-19(26)2/h3-11,14-17,32H,12-13H2,1-2H3,(H,33,39)(H,31,34,35). The summed E-state index contributed by atoms with van der Waals surface area (Å²) in [5, 5.41) is 13.8. The third-order valence-corrected chi connectivity index (χ3v) is 7.81. The SMILES string of the molecule is Cc1ccc(NC(=O)c2cn(CCNS(=O)(=O)c3ccc(F)cc3C)nn2)cc1Nc1nccc(-c2cccnc2)n1. The Morgan fingerprint density at radius 3 is 2.67 bits per heavy atom. The number of carbonyl (C=O) groups is 1. The molecule has 3 aromatic heterocycles. The lowest BCUT2D eigenvalue weighted by Gasteiger charge is -2.11. The van der Waals surface area contributed by atoms with Gasteiger partial charge in [-0.3, -0.25) is 14.5 Å².